The first-order valence-electron chi connectivity index (χ1n) is 5.03. The van der Waals surface area contributed by atoms with Crippen LogP contribution in [0, 0.1) is 6.92 Å². The summed E-state index contributed by atoms with van der Waals surface area (Å²) in [5.74, 6) is 0.941. The van der Waals surface area contributed by atoms with Crippen LogP contribution in [-0.2, 0) is 13.0 Å². The summed E-state index contributed by atoms with van der Waals surface area (Å²) in [5.41, 5.74) is 2.35. The predicted octanol–water partition coefficient (Wildman–Crippen LogP) is 3.27. The molecule has 0 amide bonds. The Balaban J connectivity index is 1.93. The van der Waals surface area contributed by atoms with E-state index in [1.165, 1.54) is 5.56 Å². The fraction of sp³-hybridized carbons (Fsp3) is 0.154. The molecule has 0 bridgehead atoms. The Morgan fingerprint density at radius 3 is 2.53 bits per heavy atom. The zero-order valence-corrected chi connectivity index (χ0v) is 8.57. The Bertz CT molecular complexity index is 389. The Morgan fingerprint density at radius 2 is 1.93 bits per heavy atom. The van der Waals surface area contributed by atoms with Gasteiger partial charge in [0.25, 0.3) is 0 Å². The number of benzene rings is 1. The molecular weight excluding hydrogens is 186 g/mol. The Hall–Kier alpha value is -1.70. The number of anilines is 1. The van der Waals surface area contributed by atoms with Gasteiger partial charge in [-0.2, -0.15) is 0 Å². The molecule has 1 heterocycles. The zero-order valence-electron chi connectivity index (χ0n) is 8.57. The number of hydrogen-bond acceptors (Lipinski definition) is 2. The molecule has 2 nitrogen and oxygen atoms in total. The van der Waals surface area contributed by atoms with Crippen LogP contribution in [0.5, 0.6) is 0 Å². The van der Waals surface area contributed by atoms with Gasteiger partial charge in [0.05, 0.1) is 12.8 Å². The van der Waals surface area contributed by atoms with Gasteiger partial charge in [-0.15, -0.1) is 0 Å². The second-order valence-electron chi connectivity index (χ2n) is 3.38. The van der Waals surface area contributed by atoms with Gasteiger partial charge in [0.1, 0.15) is 5.76 Å². The van der Waals surface area contributed by atoms with Gasteiger partial charge in [0.2, 0.25) is 0 Å². The van der Waals surface area contributed by atoms with Crippen LogP contribution in [0.1, 0.15) is 11.3 Å². The van der Waals surface area contributed by atoms with E-state index in [1.807, 2.05) is 12.1 Å². The monoisotopic (exact) mass is 200 g/mol. The van der Waals surface area contributed by atoms with E-state index in [4.69, 9.17) is 4.42 Å². The highest BCUT2D eigenvalue weighted by Crippen LogP contribution is 2.11. The summed E-state index contributed by atoms with van der Waals surface area (Å²) in [7, 11) is 0. The highest BCUT2D eigenvalue weighted by atomic mass is 16.3. The summed E-state index contributed by atoms with van der Waals surface area (Å²) < 4.78 is 5.23. The largest absolute Gasteiger partial charge is 0.467 e. The van der Waals surface area contributed by atoms with Crippen molar-refractivity contribution in [3.05, 3.63) is 60.9 Å². The molecule has 2 rings (SSSR count). The van der Waals surface area contributed by atoms with Gasteiger partial charge >= 0.3 is 0 Å². The number of furan rings is 1. The highest BCUT2D eigenvalue weighted by molar-refractivity contribution is 5.44. The quantitative estimate of drug-likeness (QED) is 0.819. The van der Waals surface area contributed by atoms with E-state index in [-0.39, 0.29) is 0 Å². The second kappa shape index (κ2) is 4.69. The van der Waals surface area contributed by atoms with Crippen molar-refractivity contribution in [1.82, 2.24) is 0 Å². The van der Waals surface area contributed by atoms with E-state index >= 15 is 0 Å². The predicted molar refractivity (Wildman–Crippen MR) is 61.5 cm³/mol. The smallest absolute Gasteiger partial charge is 0.122 e. The van der Waals surface area contributed by atoms with E-state index in [0.29, 0.717) is 0 Å². The summed E-state index contributed by atoms with van der Waals surface area (Å²) in [6.07, 6.45) is 2.52. The molecule has 2 aromatic rings. The first-order chi connectivity index (χ1) is 7.38. The Labute approximate surface area is 89.9 Å². The van der Waals surface area contributed by atoms with Crippen molar-refractivity contribution in [3.8, 4) is 0 Å². The fourth-order valence-corrected chi connectivity index (χ4v) is 1.39. The van der Waals surface area contributed by atoms with Crippen LogP contribution in [0.2, 0.25) is 0 Å². The zero-order chi connectivity index (χ0) is 10.5. The van der Waals surface area contributed by atoms with Crippen LogP contribution >= 0.6 is 0 Å². The summed E-state index contributed by atoms with van der Waals surface area (Å²) in [6.45, 7) is 4.56. The Morgan fingerprint density at radius 1 is 1.13 bits per heavy atom. The third-order valence-corrected chi connectivity index (χ3v) is 2.29. The van der Waals surface area contributed by atoms with Gasteiger partial charge in [-0.3, -0.25) is 0 Å². The van der Waals surface area contributed by atoms with E-state index in [2.05, 4.69) is 36.5 Å². The van der Waals surface area contributed by atoms with E-state index in [1.54, 1.807) is 6.26 Å². The molecule has 0 atom stereocenters. The van der Waals surface area contributed by atoms with Crippen LogP contribution in [0.3, 0.4) is 0 Å². The van der Waals surface area contributed by atoms with Crippen molar-refractivity contribution in [2.24, 2.45) is 0 Å². The standard InChI is InChI=1S/C13H14NO/c1-2-11-5-7-12(8-6-11)14-10-13-4-3-9-15-13/h3-9,14H,1-2,10H2. The lowest BCUT2D eigenvalue weighted by molar-refractivity contribution is 0.518. The molecule has 0 aliphatic carbocycles. The number of hydrogen-bond donors (Lipinski definition) is 1. The summed E-state index contributed by atoms with van der Waals surface area (Å²) in [6, 6.07) is 12.1. The first kappa shape index (κ1) is 9.84. The van der Waals surface area contributed by atoms with Crippen molar-refractivity contribution in [2.45, 2.75) is 13.0 Å². The summed E-state index contributed by atoms with van der Waals surface area (Å²) in [5, 5.41) is 3.28. The molecule has 0 spiro atoms. The van der Waals surface area contributed by atoms with Gasteiger partial charge in [-0.25, -0.2) is 0 Å². The second-order valence-corrected chi connectivity index (χ2v) is 3.38. The third kappa shape index (κ3) is 2.62. The van der Waals surface area contributed by atoms with Gasteiger partial charge in [-0.05, 0) is 43.2 Å². The van der Waals surface area contributed by atoms with Gasteiger partial charge in [0.15, 0.2) is 0 Å². The SMILES string of the molecule is [CH2]Cc1ccc(NCc2ccco2)cc1. The minimum atomic E-state index is 0.719. The minimum Gasteiger partial charge on any atom is -0.467 e. The Kier molecular flexibility index (Phi) is 3.08. The topological polar surface area (TPSA) is 25.2 Å². The highest BCUT2D eigenvalue weighted by Gasteiger charge is 1.95. The maximum Gasteiger partial charge on any atom is 0.122 e. The molecule has 0 aliphatic rings. The third-order valence-electron chi connectivity index (χ3n) is 2.29. The molecule has 15 heavy (non-hydrogen) atoms. The lowest BCUT2D eigenvalue weighted by atomic mass is 10.1. The molecule has 0 saturated carbocycles. The molecular formula is C13H14NO. The lowest BCUT2D eigenvalue weighted by Gasteiger charge is -2.04. The molecule has 1 aromatic heterocycles. The first-order valence-corrected chi connectivity index (χ1v) is 5.03. The molecule has 1 radical (unpaired) electrons. The lowest BCUT2D eigenvalue weighted by Crippen LogP contribution is -1.97. The normalized spacial score (nSPS) is 10.2. The van der Waals surface area contributed by atoms with Crippen LogP contribution in [-0.4, -0.2) is 0 Å². The molecule has 0 saturated heterocycles. The van der Waals surface area contributed by atoms with Gasteiger partial charge in [0, 0.05) is 5.69 Å². The van der Waals surface area contributed by atoms with Crippen LogP contribution in [0.4, 0.5) is 5.69 Å². The minimum absolute atomic E-state index is 0.719. The van der Waals surface area contributed by atoms with Crippen LogP contribution < -0.4 is 5.32 Å². The van der Waals surface area contributed by atoms with Crippen molar-refractivity contribution < 1.29 is 4.42 Å². The molecule has 2 heteroatoms. The van der Waals surface area contributed by atoms with Crippen LogP contribution in [0.15, 0.2) is 47.1 Å². The molecule has 1 aromatic carbocycles. The molecule has 0 fully saturated rings. The maximum atomic E-state index is 5.23. The summed E-state index contributed by atoms with van der Waals surface area (Å²) in [4.78, 5) is 0. The number of nitrogens with one attached hydrogen (secondary N) is 1. The number of rotatable bonds is 4. The summed E-state index contributed by atoms with van der Waals surface area (Å²) >= 11 is 0. The van der Waals surface area contributed by atoms with Crippen molar-refractivity contribution in [1.29, 1.82) is 0 Å². The molecule has 0 aliphatic heterocycles. The van der Waals surface area contributed by atoms with E-state index in [0.717, 1.165) is 24.4 Å². The average molecular weight is 200 g/mol. The molecule has 0 unspecified atom stereocenters. The van der Waals surface area contributed by atoms with Gasteiger partial charge < -0.3 is 9.73 Å². The van der Waals surface area contributed by atoms with Crippen molar-refractivity contribution in [3.63, 3.8) is 0 Å². The van der Waals surface area contributed by atoms with Crippen LogP contribution in [0.25, 0.3) is 0 Å². The van der Waals surface area contributed by atoms with E-state index < -0.39 is 0 Å². The van der Waals surface area contributed by atoms with E-state index in [9.17, 15) is 0 Å². The fourth-order valence-electron chi connectivity index (χ4n) is 1.39. The maximum absolute atomic E-state index is 5.23. The molecule has 77 valence electrons. The van der Waals surface area contributed by atoms with Crippen molar-refractivity contribution >= 4 is 5.69 Å². The molecule has 1 N–H and O–H groups in total. The van der Waals surface area contributed by atoms with Gasteiger partial charge in [-0.1, -0.05) is 12.1 Å². The van der Waals surface area contributed by atoms with Crippen molar-refractivity contribution in [2.75, 3.05) is 5.32 Å². The average Bonchev–Trinajstić information content (AvgIpc) is 2.80.